The summed E-state index contributed by atoms with van der Waals surface area (Å²) in [6, 6.07) is 18.1. The molecule has 2 aromatic carbocycles. The van der Waals surface area contributed by atoms with Crippen molar-refractivity contribution in [3.63, 3.8) is 0 Å². The van der Waals surface area contributed by atoms with Crippen LogP contribution in [0.2, 0.25) is 0 Å². The lowest BCUT2D eigenvalue weighted by molar-refractivity contribution is -0.118. The number of nitrogens with one attached hydrogen (secondary N) is 1. The molecule has 1 N–H and O–H groups in total. The van der Waals surface area contributed by atoms with Gasteiger partial charge in [0.2, 0.25) is 0 Å². The number of rotatable bonds is 5. The van der Waals surface area contributed by atoms with Gasteiger partial charge in [0.1, 0.15) is 16.8 Å². The van der Waals surface area contributed by atoms with Gasteiger partial charge in [0.25, 0.3) is 5.91 Å². The molecule has 1 aromatic heterocycles. The zero-order valence-corrected chi connectivity index (χ0v) is 19.0. The summed E-state index contributed by atoms with van der Waals surface area (Å²) < 4.78 is 6.50. The Bertz CT molecular complexity index is 1120. The first-order chi connectivity index (χ1) is 14.5. The zero-order chi connectivity index (χ0) is 21.1. The summed E-state index contributed by atoms with van der Waals surface area (Å²) in [6.45, 7) is 2.11. The molecule has 0 aliphatic heterocycles. The Kier molecular flexibility index (Phi) is 6.21. The topological polar surface area (TPSA) is 62.1 Å². The number of benzene rings is 2. The van der Waals surface area contributed by atoms with E-state index in [1.54, 1.807) is 0 Å². The molecule has 1 heterocycles. The number of nitrogens with zero attached hydrogens (tertiary/aromatic N) is 1. The lowest BCUT2D eigenvalue weighted by Gasteiger charge is -2.17. The van der Waals surface area contributed by atoms with Gasteiger partial charge in [-0.2, -0.15) is 5.26 Å². The highest BCUT2D eigenvalue weighted by atomic mass is 79.9. The van der Waals surface area contributed by atoms with E-state index in [-0.39, 0.29) is 12.5 Å². The molecule has 1 atom stereocenters. The average molecular weight is 481 g/mol. The summed E-state index contributed by atoms with van der Waals surface area (Å²) >= 11 is 5.05. The third kappa shape index (κ3) is 4.43. The molecule has 0 fully saturated rings. The van der Waals surface area contributed by atoms with Crippen LogP contribution in [0.5, 0.6) is 5.75 Å². The van der Waals surface area contributed by atoms with E-state index in [0.29, 0.717) is 22.2 Å². The molecular weight excluding hydrogens is 460 g/mol. The lowest BCUT2D eigenvalue weighted by atomic mass is 9.89. The molecule has 0 saturated heterocycles. The zero-order valence-electron chi connectivity index (χ0n) is 16.6. The molecule has 4 rings (SSSR count). The SMILES string of the molecule is CC1CCc2c(sc(NC(=O)COc3ccc(-c4ccccc4)cc3Br)c2C#N)C1. The second-order valence-corrected chi connectivity index (χ2v) is 9.48. The number of carbonyl (C=O) groups excluding carboxylic acids is 1. The van der Waals surface area contributed by atoms with Crippen molar-refractivity contribution in [2.75, 3.05) is 11.9 Å². The minimum Gasteiger partial charge on any atom is -0.483 e. The maximum atomic E-state index is 12.5. The van der Waals surface area contributed by atoms with Crippen LogP contribution in [0.4, 0.5) is 5.00 Å². The molecular formula is C24H21BrN2O2S. The molecule has 1 aliphatic carbocycles. The predicted molar refractivity (Wildman–Crippen MR) is 124 cm³/mol. The number of thiophene rings is 1. The van der Waals surface area contributed by atoms with E-state index in [1.165, 1.54) is 16.2 Å². The van der Waals surface area contributed by atoms with Crippen LogP contribution in [0.1, 0.15) is 29.3 Å². The molecule has 0 bridgehead atoms. The molecule has 0 radical (unpaired) electrons. The number of ether oxygens (including phenoxy) is 1. The Morgan fingerprint density at radius 3 is 2.80 bits per heavy atom. The monoisotopic (exact) mass is 480 g/mol. The van der Waals surface area contributed by atoms with Crippen molar-refractivity contribution < 1.29 is 9.53 Å². The first-order valence-electron chi connectivity index (χ1n) is 9.87. The highest BCUT2D eigenvalue weighted by Crippen LogP contribution is 2.39. The van der Waals surface area contributed by atoms with E-state index in [2.05, 4.69) is 34.2 Å². The van der Waals surface area contributed by atoms with Gasteiger partial charge in [0, 0.05) is 4.88 Å². The minimum atomic E-state index is -0.266. The fraction of sp³-hybridized carbons (Fsp3) is 0.250. The van der Waals surface area contributed by atoms with Crippen molar-refractivity contribution in [3.05, 3.63) is 69.0 Å². The molecule has 3 aromatic rings. The number of anilines is 1. The molecule has 0 spiro atoms. The maximum absolute atomic E-state index is 12.5. The molecule has 4 nitrogen and oxygen atoms in total. The number of fused-ring (bicyclic) bond motifs is 1. The van der Waals surface area contributed by atoms with Crippen LogP contribution < -0.4 is 10.1 Å². The van der Waals surface area contributed by atoms with Crippen molar-refractivity contribution in [1.29, 1.82) is 5.26 Å². The molecule has 1 amide bonds. The maximum Gasteiger partial charge on any atom is 0.262 e. The van der Waals surface area contributed by atoms with Crippen LogP contribution in [0.15, 0.2) is 53.0 Å². The molecule has 0 saturated carbocycles. The summed E-state index contributed by atoms with van der Waals surface area (Å²) in [4.78, 5) is 13.7. The standard InChI is InChI=1S/C24H21BrN2O2S/c1-15-7-9-18-19(13-26)24(30-22(18)11-15)27-23(28)14-29-21-10-8-17(12-20(21)25)16-5-3-2-4-6-16/h2-6,8,10,12,15H,7,9,11,14H2,1H3,(H,27,28). The smallest absolute Gasteiger partial charge is 0.262 e. The van der Waals surface area contributed by atoms with Gasteiger partial charge in [-0.25, -0.2) is 0 Å². The number of hydrogen-bond acceptors (Lipinski definition) is 4. The van der Waals surface area contributed by atoms with Gasteiger partial charge in [0.15, 0.2) is 6.61 Å². The number of halogens is 1. The van der Waals surface area contributed by atoms with E-state index >= 15 is 0 Å². The van der Waals surface area contributed by atoms with E-state index in [4.69, 9.17) is 4.74 Å². The fourth-order valence-corrected chi connectivity index (χ4v) is 5.56. The molecule has 30 heavy (non-hydrogen) atoms. The van der Waals surface area contributed by atoms with Gasteiger partial charge in [-0.3, -0.25) is 4.79 Å². The van der Waals surface area contributed by atoms with Crippen molar-refractivity contribution in [1.82, 2.24) is 0 Å². The third-order valence-electron chi connectivity index (χ3n) is 5.27. The highest BCUT2D eigenvalue weighted by molar-refractivity contribution is 9.10. The fourth-order valence-electron chi connectivity index (χ4n) is 3.69. The Labute approximate surface area is 188 Å². The quantitative estimate of drug-likeness (QED) is 0.473. The van der Waals surface area contributed by atoms with E-state index < -0.39 is 0 Å². The van der Waals surface area contributed by atoms with Crippen LogP contribution in [-0.4, -0.2) is 12.5 Å². The summed E-state index contributed by atoms with van der Waals surface area (Å²) in [5.74, 6) is 0.951. The normalized spacial score (nSPS) is 15.2. The van der Waals surface area contributed by atoms with Crippen molar-refractivity contribution in [3.8, 4) is 22.9 Å². The van der Waals surface area contributed by atoms with Crippen molar-refractivity contribution in [2.45, 2.75) is 26.2 Å². The van der Waals surface area contributed by atoms with Crippen molar-refractivity contribution >= 4 is 38.2 Å². The van der Waals surface area contributed by atoms with E-state index in [1.807, 2.05) is 48.5 Å². The average Bonchev–Trinajstić information content (AvgIpc) is 3.09. The molecule has 152 valence electrons. The van der Waals surface area contributed by atoms with Gasteiger partial charge in [-0.1, -0.05) is 43.3 Å². The van der Waals surface area contributed by atoms with Crippen LogP contribution in [0.3, 0.4) is 0 Å². The summed E-state index contributed by atoms with van der Waals surface area (Å²) in [7, 11) is 0. The largest absolute Gasteiger partial charge is 0.483 e. The van der Waals surface area contributed by atoms with Gasteiger partial charge in [-0.05, 0) is 69.9 Å². The summed E-state index contributed by atoms with van der Waals surface area (Å²) in [5, 5.41) is 13.1. The first-order valence-corrected chi connectivity index (χ1v) is 11.5. The lowest BCUT2D eigenvalue weighted by Crippen LogP contribution is -2.20. The minimum absolute atomic E-state index is 0.118. The molecule has 1 aliphatic rings. The van der Waals surface area contributed by atoms with Gasteiger partial charge in [0.05, 0.1) is 10.0 Å². The van der Waals surface area contributed by atoms with E-state index in [9.17, 15) is 10.1 Å². The Hall–Kier alpha value is -2.62. The number of amides is 1. The Morgan fingerprint density at radius 2 is 2.07 bits per heavy atom. The number of nitriles is 1. The Morgan fingerprint density at radius 1 is 1.27 bits per heavy atom. The third-order valence-corrected chi connectivity index (χ3v) is 7.06. The number of carbonyl (C=O) groups is 1. The summed E-state index contributed by atoms with van der Waals surface area (Å²) in [6.07, 6.45) is 2.96. The summed E-state index contributed by atoms with van der Waals surface area (Å²) in [5.41, 5.74) is 3.90. The van der Waals surface area contributed by atoms with Crippen LogP contribution in [0, 0.1) is 17.2 Å². The van der Waals surface area contributed by atoms with Gasteiger partial charge in [-0.15, -0.1) is 11.3 Å². The Balaban J connectivity index is 1.42. The van der Waals surface area contributed by atoms with Crippen LogP contribution >= 0.6 is 27.3 Å². The molecule has 1 unspecified atom stereocenters. The second-order valence-electron chi connectivity index (χ2n) is 7.52. The van der Waals surface area contributed by atoms with Crippen LogP contribution in [0.25, 0.3) is 11.1 Å². The van der Waals surface area contributed by atoms with E-state index in [0.717, 1.165) is 40.4 Å². The number of hydrogen-bond donors (Lipinski definition) is 1. The molecule has 6 heteroatoms. The first kappa shape index (κ1) is 20.6. The highest BCUT2D eigenvalue weighted by Gasteiger charge is 2.24. The van der Waals surface area contributed by atoms with Gasteiger partial charge < -0.3 is 10.1 Å². The van der Waals surface area contributed by atoms with Crippen molar-refractivity contribution in [2.24, 2.45) is 5.92 Å². The predicted octanol–water partition coefficient (Wildman–Crippen LogP) is 6.19. The van der Waals surface area contributed by atoms with Crippen LogP contribution in [-0.2, 0) is 17.6 Å². The van der Waals surface area contributed by atoms with Gasteiger partial charge >= 0.3 is 0 Å². The second kappa shape index (κ2) is 9.03.